The number of aryl methyl sites for hydroxylation is 1. The molecule has 0 bridgehead atoms. The third-order valence-electron chi connectivity index (χ3n) is 5.76. The zero-order chi connectivity index (χ0) is 22.8. The van der Waals surface area contributed by atoms with E-state index in [2.05, 4.69) is 12.2 Å². The normalized spacial score (nSPS) is 14.1. The van der Waals surface area contributed by atoms with Gasteiger partial charge in [0.2, 0.25) is 5.91 Å². The molecule has 1 heterocycles. The number of hydrogen-bond donors (Lipinski definition) is 1. The van der Waals surface area contributed by atoms with Crippen LogP contribution in [-0.4, -0.2) is 42.4 Å². The van der Waals surface area contributed by atoms with E-state index in [1.54, 1.807) is 24.3 Å². The topological polar surface area (TPSA) is 75.7 Å². The zero-order valence-corrected chi connectivity index (χ0v) is 18.7. The van der Waals surface area contributed by atoms with Crippen molar-refractivity contribution >= 4 is 23.5 Å². The van der Waals surface area contributed by atoms with Gasteiger partial charge in [0.25, 0.3) is 5.91 Å². The van der Waals surface area contributed by atoms with Crippen molar-refractivity contribution < 1.29 is 19.1 Å². The number of piperidine rings is 1. The van der Waals surface area contributed by atoms with E-state index in [1.807, 2.05) is 35.2 Å². The summed E-state index contributed by atoms with van der Waals surface area (Å²) in [6.07, 6.45) is 3.78. The number of hydrogen-bond acceptors (Lipinski definition) is 4. The Morgan fingerprint density at radius 3 is 2.34 bits per heavy atom. The highest BCUT2D eigenvalue weighted by Crippen LogP contribution is 2.19. The molecule has 1 aliphatic heterocycles. The fourth-order valence-electron chi connectivity index (χ4n) is 3.71. The zero-order valence-electron chi connectivity index (χ0n) is 18.7. The van der Waals surface area contributed by atoms with E-state index in [0.29, 0.717) is 23.8 Å². The van der Waals surface area contributed by atoms with Crippen molar-refractivity contribution in [3.05, 3.63) is 65.7 Å². The van der Waals surface area contributed by atoms with Crippen LogP contribution in [-0.2, 0) is 20.7 Å². The number of carbonyl (C=O) groups excluding carboxylic acids is 3. The lowest BCUT2D eigenvalue weighted by molar-refractivity contribution is -0.144. The van der Waals surface area contributed by atoms with Crippen molar-refractivity contribution in [2.75, 3.05) is 25.0 Å². The van der Waals surface area contributed by atoms with E-state index >= 15 is 0 Å². The van der Waals surface area contributed by atoms with E-state index in [1.165, 1.54) is 5.56 Å². The molecule has 0 atom stereocenters. The largest absolute Gasteiger partial charge is 0.466 e. The van der Waals surface area contributed by atoms with E-state index < -0.39 is 0 Å². The lowest BCUT2D eigenvalue weighted by Gasteiger charge is -2.30. The SMILES string of the molecule is CC1CCN(C(=O)c2ccc(NC(=O)CCC(=O)OCCCc3ccccc3)cc2)CC1. The number of amides is 2. The minimum atomic E-state index is -0.370. The Labute approximate surface area is 189 Å². The highest BCUT2D eigenvalue weighted by molar-refractivity contribution is 5.96. The quantitative estimate of drug-likeness (QED) is 0.465. The number of esters is 1. The van der Waals surface area contributed by atoms with Gasteiger partial charge in [-0.05, 0) is 61.4 Å². The summed E-state index contributed by atoms with van der Waals surface area (Å²) in [5.74, 6) is 0.0772. The standard InChI is InChI=1S/C26H32N2O4/c1-20-15-17-28(18-16-20)26(31)22-9-11-23(12-10-22)27-24(29)13-14-25(30)32-19-5-8-21-6-3-2-4-7-21/h2-4,6-7,9-12,20H,5,8,13-19H2,1H3,(H,27,29). The van der Waals surface area contributed by atoms with Crippen LogP contribution in [0, 0.1) is 5.92 Å². The molecule has 0 spiro atoms. The van der Waals surface area contributed by atoms with Crippen LogP contribution in [0.1, 0.15) is 54.9 Å². The third-order valence-corrected chi connectivity index (χ3v) is 5.76. The van der Waals surface area contributed by atoms with Crippen LogP contribution in [0.2, 0.25) is 0 Å². The fraction of sp³-hybridized carbons (Fsp3) is 0.423. The van der Waals surface area contributed by atoms with Gasteiger partial charge in [-0.15, -0.1) is 0 Å². The number of anilines is 1. The monoisotopic (exact) mass is 436 g/mol. The van der Waals surface area contributed by atoms with Gasteiger partial charge in [-0.3, -0.25) is 14.4 Å². The minimum Gasteiger partial charge on any atom is -0.466 e. The molecule has 0 saturated carbocycles. The molecule has 2 amide bonds. The summed E-state index contributed by atoms with van der Waals surface area (Å²) in [4.78, 5) is 38.5. The molecule has 0 aromatic heterocycles. The summed E-state index contributed by atoms with van der Waals surface area (Å²) in [6.45, 7) is 4.15. The van der Waals surface area contributed by atoms with Crippen molar-refractivity contribution in [3.8, 4) is 0 Å². The van der Waals surface area contributed by atoms with E-state index in [-0.39, 0.29) is 30.6 Å². The summed E-state index contributed by atoms with van der Waals surface area (Å²) in [7, 11) is 0. The van der Waals surface area contributed by atoms with Crippen LogP contribution in [0.25, 0.3) is 0 Å². The second-order valence-corrected chi connectivity index (χ2v) is 8.41. The van der Waals surface area contributed by atoms with Crippen LogP contribution in [0.4, 0.5) is 5.69 Å². The second-order valence-electron chi connectivity index (χ2n) is 8.41. The van der Waals surface area contributed by atoms with Crippen LogP contribution in [0.3, 0.4) is 0 Å². The number of nitrogens with zero attached hydrogens (tertiary/aromatic N) is 1. The molecular formula is C26H32N2O4. The minimum absolute atomic E-state index is 0.0322. The highest BCUT2D eigenvalue weighted by atomic mass is 16.5. The predicted octanol–water partition coefficient (Wildman–Crippen LogP) is 4.45. The molecular weight excluding hydrogens is 404 g/mol. The number of ether oxygens (including phenoxy) is 1. The molecule has 1 N–H and O–H groups in total. The molecule has 0 radical (unpaired) electrons. The maximum Gasteiger partial charge on any atom is 0.306 e. The molecule has 6 heteroatoms. The Kier molecular flexibility index (Phi) is 8.84. The Hall–Kier alpha value is -3.15. The molecule has 0 aliphatic carbocycles. The van der Waals surface area contributed by atoms with Crippen LogP contribution < -0.4 is 5.32 Å². The smallest absolute Gasteiger partial charge is 0.306 e. The lowest BCUT2D eigenvalue weighted by Crippen LogP contribution is -2.37. The maximum atomic E-state index is 12.6. The predicted molar refractivity (Wildman–Crippen MR) is 124 cm³/mol. The van der Waals surface area contributed by atoms with Gasteiger partial charge in [-0.2, -0.15) is 0 Å². The van der Waals surface area contributed by atoms with Gasteiger partial charge in [0.05, 0.1) is 13.0 Å². The van der Waals surface area contributed by atoms with Crippen LogP contribution >= 0.6 is 0 Å². The first-order valence-electron chi connectivity index (χ1n) is 11.4. The van der Waals surface area contributed by atoms with Crippen molar-refractivity contribution in [2.24, 2.45) is 5.92 Å². The lowest BCUT2D eigenvalue weighted by atomic mass is 9.98. The first-order valence-corrected chi connectivity index (χ1v) is 11.4. The molecule has 3 rings (SSSR count). The number of carbonyl (C=O) groups is 3. The summed E-state index contributed by atoms with van der Waals surface area (Å²) in [5.41, 5.74) is 2.44. The maximum absolute atomic E-state index is 12.6. The van der Waals surface area contributed by atoms with Crippen LogP contribution in [0.15, 0.2) is 54.6 Å². The van der Waals surface area contributed by atoms with Gasteiger partial charge in [0.15, 0.2) is 0 Å². The van der Waals surface area contributed by atoms with E-state index in [9.17, 15) is 14.4 Å². The van der Waals surface area contributed by atoms with Gasteiger partial charge in [0.1, 0.15) is 0 Å². The summed E-state index contributed by atoms with van der Waals surface area (Å²) >= 11 is 0. The molecule has 170 valence electrons. The highest BCUT2D eigenvalue weighted by Gasteiger charge is 2.21. The van der Waals surface area contributed by atoms with Gasteiger partial charge in [0, 0.05) is 30.8 Å². The fourth-order valence-corrected chi connectivity index (χ4v) is 3.71. The molecule has 2 aromatic rings. The summed E-state index contributed by atoms with van der Waals surface area (Å²) < 4.78 is 5.21. The third kappa shape index (κ3) is 7.52. The molecule has 0 unspecified atom stereocenters. The first-order chi connectivity index (χ1) is 15.5. The summed E-state index contributed by atoms with van der Waals surface area (Å²) in [6, 6.07) is 16.9. The molecule has 1 fully saturated rings. The number of benzene rings is 2. The molecule has 2 aromatic carbocycles. The number of rotatable bonds is 9. The van der Waals surface area contributed by atoms with Gasteiger partial charge < -0.3 is 15.0 Å². The summed E-state index contributed by atoms with van der Waals surface area (Å²) in [5, 5.41) is 2.77. The van der Waals surface area contributed by atoms with Gasteiger partial charge in [-0.1, -0.05) is 37.3 Å². The average molecular weight is 437 g/mol. The Morgan fingerprint density at radius 2 is 1.66 bits per heavy atom. The van der Waals surface area contributed by atoms with Crippen molar-refractivity contribution in [3.63, 3.8) is 0 Å². The molecule has 1 saturated heterocycles. The van der Waals surface area contributed by atoms with Gasteiger partial charge in [-0.25, -0.2) is 0 Å². The average Bonchev–Trinajstić information content (AvgIpc) is 2.82. The Morgan fingerprint density at radius 1 is 0.969 bits per heavy atom. The Balaban J connectivity index is 1.33. The second kappa shape index (κ2) is 12.0. The van der Waals surface area contributed by atoms with Crippen molar-refractivity contribution in [1.82, 2.24) is 4.90 Å². The van der Waals surface area contributed by atoms with E-state index in [4.69, 9.17) is 4.74 Å². The van der Waals surface area contributed by atoms with Crippen molar-refractivity contribution in [1.29, 1.82) is 0 Å². The molecule has 32 heavy (non-hydrogen) atoms. The number of nitrogens with one attached hydrogen (secondary N) is 1. The van der Waals surface area contributed by atoms with Gasteiger partial charge >= 0.3 is 5.97 Å². The number of likely N-dealkylation sites (tertiary alicyclic amines) is 1. The Bertz CT molecular complexity index is 888. The first kappa shape index (κ1) is 23.5. The van der Waals surface area contributed by atoms with Crippen LogP contribution in [0.5, 0.6) is 0 Å². The van der Waals surface area contributed by atoms with E-state index in [0.717, 1.165) is 38.8 Å². The molecule has 6 nitrogen and oxygen atoms in total. The van der Waals surface area contributed by atoms with Crippen molar-refractivity contribution in [2.45, 2.75) is 45.4 Å². The molecule has 1 aliphatic rings.